The van der Waals surface area contributed by atoms with Gasteiger partial charge in [-0.1, -0.05) is 18.2 Å². The molecule has 1 heterocycles. The molecule has 0 bridgehead atoms. The lowest BCUT2D eigenvalue weighted by atomic mass is 10.1. The Morgan fingerprint density at radius 1 is 1.00 bits per heavy atom. The molecule has 1 aromatic heterocycles. The zero-order chi connectivity index (χ0) is 21.6. The molecule has 0 aliphatic rings. The van der Waals surface area contributed by atoms with E-state index < -0.39 is 0 Å². The van der Waals surface area contributed by atoms with Gasteiger partial charge in [-0.15, -0.1) is 0 Å². The van der Waals surface area contributed by atoms with Gasteiger partial charge >= 0.3 is 0 Å². The molecule has 0 radical (unpaired) electrons. The molecule has 5 nitrogen and oxygen atoms in total. The molecule has 4 rings (SSSR count). The predicted octanol–water partition coefficient (Wildman–Crippen LogP) is 5.32. The molecule has 0 spiro atoms. The molecule has 31 heavy (non-hydrogen) atoms. The standard InChI is InChI=1S/C26H19N3O2/c1-31-24-14-11-21(12-15-24)26-22(18-29(28-26)23-5-3-2-4-6-23)13-16-25(30)20-9-7-19(17-27)8-10-20/h2-16,18H,1H3. The molecule has 0 aliphatic carbocycles. The first kappa shape index (κ1) is 19.9. The molecule has 0 aliphatic heterocycles. The fraction of sp³-hybridized carbons (Fsp3) is 0.0385. The Balaban J connectivity index is 1.70. The Morgan fingerprint density at radius 3 is 2.35 bits per heavy atom. The molecule has 0 saturated heterocycles. The van der Waals surface area contributed by atoms with Crippen LogP contribution in [0.1, 0.15) is 21.5 Å². The summed E-state index contributed by atoms with van der Waals surface area (Å²) in [5.74, 6) is 0.622. The van der Waals surface area contributed by atoms with E-state index in [4.69, 9.17) is 15.1 Å². The minimum atomic E-state index is -0.141. The molecule has 0 fully saturated rings. The van der Waals surface area contributed by atoms with E-state index >= 15 is 0 Å². The molecule has 0 N–H and O–H groups in total. The van der Waals surface area contributed by atoms with Gasteiger partial charge in [0.2, 0.25) is 0 Å². The van der Waals surface area contributed by atoms with Gasteiger partial charge in [-0.2, -0.15) is 10.4 Å². The summed E-state index contributed by atoms with van der Waals surface area (Å²) in [7, 11) is 1.63. The number of rotatable bonds is 6. The summed E-state index contributed by atoms with van der Waals surface area (Å²) in [6, 6.07) is 26.1. The number of nitriles is 1. The van der Waals surface area contributed by atoms with E-state index in [1.165, 1.54) is 6.08 Å². The van der Waals surface area contributed by atoms with E-state index in [1.807, 2.05) is 60.8 Å². The SMILES string of the molecule is COc1ccc(-c2nn(-c3ccccc3)cc2C=CC(=O)c2ccc(C#N)cc2)cc1. The normalized spacial score (nSPS) is 10.7. The second-order valence-electron chi connectivity index (χ2n) is 6.83. The fourth-order valence-corrected chi connectivity index (χ4v) is 3.17. The largest absolute Gasteiger partial charge is 0.497 e. The quantitative estimate of drug-likeness (QED) is 0.322. The second kappa shape index (κ2) is 8.93. The van der Waals surface area contributed by atoms with Gasteiger partial charge in [0.05, 0.1) is 30.1 Å². The summed E-state index contributed by atoms with van der Waals surface area (Å²) in [5.41, 5.74) is 4.46. The summed E-state index contributed by atoms with van der Waals surface area (Å²) in [4.78, 5) is 12.6. The highest BCUT2D eigenvalue weighted by molar-refractivity contribution is 6.07. The Morgan fingerprint density at radius 2 is 1.71 bits per heavy atom. The summed E-state index contributed by atoms with van der Waals surface area (Å²) in [6.45, 7) is 0. The number of methoxy groups -OCH3 is 1. The van der Waals surface area contributed by atoms with Crippen LogP contribution in [0.15, 0.2) is 91.1 Å². The monoisotopic (exact) mass is 405 g/mol. The third-order valence-corrected chi connectivity index (χ3v) is 4.84. The van der Waals surface area contributed by atoms with Gasteiger partial charge in [-0.05, 0) is 72.8 Å². The lowest BCUT2D eigenvalue weighted by Crippen LogP contribution is -1.94. The molecule has 3 aromatic carbocycles. The van der Waals surface area contributed by atoms with Crippen molar-refractivity contribution in [3.63, 3.8) is 0 Å². The summed E-state index contributed by atoms with van der Waals surface area (Å²) >= 11 is 0. The number of ether oxygens (including phenoxy) is 1. The van der Waals surface area contributed by atoms with E-state index in [0.29, 0.717) is 11.1 Å². The van der Waals surface area contributed by atoms with Gasteiger partial charge in [0.15, 0.2) is 5.78 Å². The average Bonchev–Trinajstić information content (AvgIpc) is 3.27. The highest BCUT2D eigenvalue weighted by Gasteiger charge is 2.12. The van der Waals surface area contributed by atoms with Crippen LogP contribution in [0, 0.1) is 11.3 Å². The van der Waals surface area contributed by atoms with Crippen molar-refractivity contribution in [3.05, 3.63) is 108 Å². The van der Waals surface area contributed by atoms with E-state index in [0.717, 1.165) is 28.3 Å². The maximum atomic E-state index is 12.6. The van der Waals surface area contributed by atoms with Crippen LogP contribution in [0.3, 0.4) is 0 Å². The molecule has 4 aromatic rings. The van der Waals surface area contributed by atoms with Gasteiger partial charge in [0, 0.05) is 22.9 Å². The maximum Gasteiger partial charge on any atom is 0.185 e. The number of carbonyl (C=O) groups excluding carboxylic acids is 1. The van der Waals surface area contributed by atoms with Crippen molar-refractivity contribution in [2.45, 2.75) is 0 Å². The minimum Gasteiger partial charge on any atom is -0.497 e. The zero-order valence-electron chi connectivity index (χ0n) is 16.9. The van der Waals surface area contributed by atoms with Crippen LogP contribution in [0.2, 0.25) is 0 Å². The molecular formula is C26H19N3O2. The summed E-state index contributed by atoms with van der Waals surface area (Å²) < 4.78 is 7.05. The molecule has 0 unspecified atom stereocenters. The second-order valence-corrected chi connectivity index (χ2v) is 6.83. The number of aromatic nitrogens is 2. The molecule has 5 heteroatoms. The molecule has 0 amide bonds. The Hall–Kier alpha value is -4.43. The number of hydrogen-bond donors (Lipinski definition) is 0. The summed E-state index contributed by atoms with van der Waals surface area (Å²) in [6.07, 6.45) is 5.20. The molecule has 150 valence electrons. The lowest BCUT2D eigenvalue weighted by molar-refractivity contribution is 0.104. The van der Waals surface area contributed by atoms with Crippen molar-refractivity contribution in [2.75, 3.05) is 7.11 Å². The minimum absolute atomic E-state index is 0.141. The number of para-hydroxylation sites is 1. The summed E-state index contributed by atoms with van der Waals surface area (Å²) in [5, 5.41) is 13.7. The van der Waals surface area contributed by atoms with E-state index in [9.17, 15) is 4.79 Å². The Labute approximate surface area is 180 Å². The van der Waals surface area contributed by atoms with Gasteiger partial charge in [-0.3, -0.25) is 4.79 Å². The van der Waals surface area contributed by atoms with Crippen molar-refractivity contribution in [1.82, 2.24) is 9.78 Å². The molecule has 0 saturated carbocycles. The van der Waals surface area contributed by atoms with Crippen molar-refractivity contribution in [1.29, 1.82) is 5.26 Å². The average molecular weight is 405 g/mol. The van der Waals surface area contributed by atoms with E-state index in [1.54, 1.807) is 42.1 Å². The highest BCUT2D eigenvalue weighted by Crippen LogP contribution is 2.27. The lowest BCUT2D eigenvalue weighted by Gasteiger charge is -2.02. The van der Waals surface area contributed by atoms with Crippen LogP contribution in [-0.4, -0.2) is 22.7 Å². The highest BCUT2D eigenvalue weighted by atomic mass is 16.5. The third kappa shape index (κ3) is 4.44. The van der Waals surface area contributed by atoms with Gasteiger partial charge < -0.3 is 4.74 Å². The molecule has 0 atom stereocenters. The number of benzene rings is 3. The number of carbonyl (C=O) groups is 1. The maximum absolute atomic E-state index is 12.6. The molecular weight excluding hydrogens is 386 g/mol. The van der Waals surface area contributed by atoms with Crippen molar-refractivity contribution in [3.8, 4) is 28.8 Å². The van der Waals surface area contributed by atoms with E-state index in [2.05, 4.69) is 6.07 Å². The van der Waals surface area contributed by atoms with Gasteiger partial charge in [-0.25, -0.2) is 4.68 Å². The van der Waals surface area contributed by atoms with Crippen molar-refractivity contribution >= 4 is 11.9 Å². The van der Waals surface area contributed by atoms with Crippen LogP contribution in [-0.2, 0) is 0 Å². The van der Waals surface area contributed by atoms with Gasteiger partial charge in [0.1, 0.15) is 5.75 Å². The van der Waals surface area contributed by atoms with Crippen LogP contribution in [0.5, 0.6) is 5.75 Å². The van der Waals surface area contributed by atoms with Crippen LogP contribution in [0.4, 0.5) is 0 Å². The fourth-order valence-electron chi connectivity index (χ4n) is 3.17. The van der Waals surface area contributed by atoms with Gasteiger partial charge in [0.25, 0.3) is 0 Å². The smallest absolute Gasteiger partial charge is 0.185 e. The first-order chi connectivity index (χ1) is 15.2. The van der Waals surface area contributed by atoms with Crippen LogP contribution < -0.4 is 4.74 Å². The van der Waals surface area contributed by atoms with Crippen LogP contribution >= 0.6 is 0 Å². The number of ketones is 1. The van der Waals surface area contributed by atoms with Crippen molar-refractivity contribution < 1.29 is 9.53 Å². The number of hydrogen-bond acceptors (Lipinski definition) is 4. The first-order valence-corrected chi connectivity index (χ1v) is 9.70. The van der Waals surface area contributed by atoms with Crippen LogP contribution in [0.25, 0.3) is 23.0 Å². The third-order valence-electron chi connectivity index (χ3n) is 4.84. The van der Waals surface area contributed by atoms with E-state index in [-0.39, 0.29) is 5.78 Å². The Kier molecular flexibility index (Phi) is 5.72. The van der Waals surface area contributed by atoms with Crippen molar-refractivity contribution in [2.24, 2.45) is 0 Å². The Bertz CT molecular complexity index is 1260. The number of nitrogens with zero attached hydrogens (tertiary/aromatic N) is 3. The zero-order valence-corrected chi connectivity index (χ0v) is 16.9. The predicted molar refractivity (Wildman–Crippen MR) is 120 cm³/mol. The number of allylic oxidation sites excluding steroid dienone is 1. The first-order valence-electron chi connectivity index (χ1n) is 9.70. The topological polar surface area (TPSA) is 67.9 Å².